The van der Waals surface area contributed by atoms with E-state index in [1.807, 2.05) is 13.8 Å². The molecule has 1 amide bonds. The molecule has 0 saturated heterocycles. The van der Waals surface area contributed by atoms with E-state index in [0.717, 1.165) is 0 Å². The molecule has 2 N–H and O–H groups in total. The number of hydrogen-bond donors (Lipinski definition) is 1. The lowest BCUT2D eigenvalue weighted by Gasteiger charge is -2.27. The van der Waals surface area contributed by atoms with E-state index in [0.29, 0.717) is 33.0 Å². The largest absolute Gasteiger partial charge is 0.393 e. The molecule has 6 heteroatoms. The third-order valence-corrected chi connectivity index (χ3v) is 3.74. The van der Waals surface area contributed by atoms with Crippen LogP contribution in [0.5, 0.6) is 0 Å². The van der Waals surface area contributed by atoms with Crippen LogP contribution < -0.4 is 5.73 Å². The Kier molecular flexibility index (Phi) is 6.23. The number of nitrogens with zero attached hydrogens (tertiary/aromatic N) is 1. The molecule has 0 aliphatic heterocycles. The van der Waals surface area contributed by atoms with Crippen LogP contribution >= 0.6 is 39.7 Å². The van der Waals surface area contributed by atoms with Gasteiger partial charge in [-0.15, -0.1) is 0 Å². The van der Waals surface area contributed by atoms with Crippen LogP contribution in [0.25, 0.3) is 0 Å². The molecule has 0 aliphatic rings. The molecule has 1 aromatic carbocycles. The van der Waals surface area contributed by atoms with E-state index in [2.05, 4.69) is 15.9 Å². The van der Waals surface area contributed by atoms with Crippen LogP contribution in [0.15, 0.2) is 22.7 Å². The third kappa shape index (κ3) is 4.75. The minimum atomic E-state index is -0.0604. The van der Waals surface area contributed by atoms with Gasteiger partial charge in [0.2, 0.25) is 0 Å². The van der Waals surface area contributed by atoms with Gasteiger partial charge in [-0.25, -0.2) is 0 Å². The van der Waals surface area contributed by atoms with Gasteiger partial charge in [-0.1, -0.05) is 23.8 Å². The summed E-state index contributed by atoms with van der Waals surface area (Å²) in [6.45, 7) is 4.43. The molecule has 0 heterocycles. The van der Waals surface area contributed by atoms with Crippen molar-refractivity contribution in [1.82, 2.24) is 4.90 Å². The van der Waals surface area contributed by atoms with Gasteiger partial charge in [0.15, 0.2) is 0 Å². The highest BCUT2D eigenvalue weighted by Crippen LogP contribution is 2.23. The quantitative estimate of drug-likeness (QED) is 0.813. The Labute approximate surface area is 132 Å². The Morgan fingerprint density at radius 2 is 2.16 bits per heavy atom. The molecular formula is C13H16BrClN2OS. The lowest BCUT2D eigenvalue weighted by molar-refractivity contribution is 0.0710. The number of thiocarbonyl (C=S) groups is 1. The van der Waals surface area contributed by atoms with E-state index in [-0.39, 0.29) is 11.9 Å². The Bertz CT molecular complexity index is 494. The maximum Gasteiger partial charge on any atom is 0.255 e. The number of carbonyl (C=O) groups excluding carboxylic acids is 1. The summed E-state index contributed by atoms with van der Waals surface area (Å²) in [4.78, 5) is 14.7. The van der Waals surface area contributed by atoms with Gasteiger partial charge in [0.05, 0.1) is 10.6 Å². The number of rotatable bonds is 5. The highest BCUT2D eigenvalue weighted by atomic mass is 79.9. The maximum absolute atomic E-state index is 12.5. The van der Waals surface area contributed by atoms with Gasteiger partial charge in [0.25, 0.3) is 5.91 Å². The molecule has 0 aromatic heterocycles. The standard InChI is InChI=1S/C13H16BrClN2OS/c1-8(2)17(6-5-12(16)19)13(18)10-4-3-9(15)7-11(10)14/h3-4,7-8H,5-6H2,1-2H3,(H2,16,19). The average Bonchev–Trinajstić information content (AvgIpc) is 2.27. The molecule has 0 saturated carbocycles. The average molecular weight is 364 g/mol. The van der Waals surface area contributed by atoms with Crippen molar-refractivity contribution in [3.05, 3.63) is 33.3 Å². The third-order valence-electron chi connectivity index (χ3n) is 2.64. The molecule has 19 heavy (non-hydrogen) atoms. The molecular weight excluding hydrogens is 348 g/mol. The number of carbonyl (C=O) groups is 1. The van der Waals surface area contributed by atoms with E-state index in [9.17, 15) is 4.79 Å². The van der Waals surface area contributed by atoms with E-state index in [4.69, 9.17) is 29.6 Å². The monoisotopic (exact) mass is 362 g/mol. The van der Waals surface area contributed by atoms with Crippen molar-refractivity contribution in [1.29, 1.82) is 0 Å². The number of benzene rings is 1. The Balaban J connectivity index is 2.95. The Morgan fingerprint density at radius 3 is 2.63 bits per heavy atom. The van der Waals surface area contributed by atoms with E-state index < -0.39 is 0 Å². The minimum Gasteiger partial charge on any atom is -0.393 e. The molecule has 0 bridgehead atoms. The van der Waals surface area contributed by atoms with Crippen molar-refractivity contribution in [3.63, 3.8) is 0 Å². The van der Waals surface area contributed by atoms with Gasteiger partial charge < -0.3 is 10.6 Å². The Hall–Kier alpha value is -0.650. The summed E-state index contributed by atoms with van der Waals surface area (Å²) in [6, 6.07) is 5.20. The zero-order valence-corrected chi connectivity index (χ0v) is 14.0. The van der Waals surface area contributed by atoms with Gasteiger partial charge in [-0.05, 0) is 48.0 Å². The van der Waals surface area contributed by atoms with Crippen molar-refractivity contribution in [2.45, 2.75) is 26.3 Å². The zero-order chi connectivity index (χ0) is 14.6. The van der Waals surface area contributed by atoms with Gasteiger partial charge in [-0.2, -0.15) is 0 Å². The summed E-state index contributed by atoms with van der Waals surface area (Å²) in [7, 11) is 0. The van der Waals surface area contributed by atoms with Gasteiger partial charge in [-0.3, -0.25) is 4.79 Å². The van der Waals surface area contributed by atoms with E-state index in [1.165, 1.54) is 0 Å². The molecule has 0 spiro atoms. The summed E-state index contributed by atoms with van der Waals surface area (Å²) in [6.07, 6.45) is 0.518. The van der Waals surface area contributed by atoms with Crippen molar-refractivity contribution >= 4 is 50.6 Å². The van der Waals surface area contributed by atoms with Crippen molar-refractivity contribution < 1.29 is 4.79 Å². The zero-order valence-electron chi connectivity index (χ0n) is 10.8. The predicted molar refractivity (Wildman–Crippen MR) is 86.7 cm³/mol. The van der Waals surface area contributed by atoms with Crippen LogP contribution in [0, 0.1) is 0 Å². The highest BCUT2D eigenvalue weighted by Gasteiger charge is 2.20. The second-order valence-electron chi connectivity index (χ2n) is 4.43. The maximum atomic E-state index is 12.5. The van der Waals surface area contributed by atoms with Crippen LogP contribution in [0.2, 0.25) is 5.02 Å². The number of nitrogens with two attached hydrogens (primary N) is 1. The van der Waals surface area contributed by atoms with E-state index in [1.54, 1.807) is 23.1 Å². The smallest absolute Gasteiger partial charge is 0.255 e. The van der Waals surface area contributed by atoms with Crippen molar-refractivity contribution in [3.8, 4) is 0 Å². The highest BCUT2D eigenvalue weighted by molar-refractivity contribution is 9.10. The minimum absolute atomic E-state index is 0.0604. The first-order valence-corrected chi connectivity index (χ1v) is 7.45. The molecule has 0 fully saturated rings. The summed E-state index contributed by atoms with van der Waals surface area (Å²) < 4.78 is 0.686. The summed E-state index contributed by atoms with van der Waals surface area (Å²) in [5.41, 5.74) is 6.08. The van der Waals surface area contributed by atoms with Crippen molar-refractivity contribution in [2.24, 2.45) is 5.73 Å². The molecule has 1 aromatic rings. The first kappa shape index (κ1) is 16.4. The first-order valence-electron chi connectivity index (χ1n) is 5.87. The molecule has 0 unspecified atom stereocenters. The fraction of sp³-hybridized carbons (Fsp3) is 0.385. The number of halogens is 2. The SMILES string of the molecule is CC(C)N(CCC(N)=S)C(=O)c1ccc(Cl)cc1Br. The van der Waals surface area contributed by atoms with E-state index >= 15 is 0 Å². The van der Waals surface area contributed by atoms with Crippen LogP contribution in [0.4, 0.5) is 0 Å². The fourth-order valence-electron chi connectivity index (χ4n) is 1.64. The normalized spacial score (nSPS) is 10.6. The molecule has 1 rings (SSSR count). The number of hydrogen-bond acceptors (Lipinski definition) is 2. The lowest BCUT2D eigenvalue weighted by Crippen LogP contribution is -2.39. The molecule has 0 radical (unpaired) electrons. The second kappa shape index (κ2) is 7.22. The van der Waals surface area contributed by atoms with Gasteiger partial charge in [0.1, 0.15) is 0 Å². The van der Waals surface area contributed by atoms with Crippen molar-refractivity contribution in [2.75, 3.05) is 6.54 Å². The summed E-state index contributed by atoms with van der Waals surface area (Å²) in [5.74, 6) is -0.0604. The summed E-state index contributed by atoms with van der Waals surface area (Å²) in [5, 5.41) is 0.586. The first-order chi connectivity index (χ1) is 8.82. The van der Waals surface area contributed by atoms with Crippen LogP contribution in [0.3, 0.4) is 0 Å². The number of amides is 1. The molecule has 0 atom stereocenters. The van der Waals surface area contributed by atoms with Crippen LogP contribution in [-0.2, 0) is 0 Å². The molecule has 3 nitrogen and oxygen atoms in total. The fourth-order valence-corrected chi connectivity index (χ4v) is 2.59. The van der Waals surface area contributed by atoms with Crippen LogP contribution in [0.1, 0.15) is 30.6 Å². The van der Waals surface area contributed by atoms with Gasteiger partial charge in [0, 0.05) is 28.5 Å². The second-order valence-corrected chi connectivity index (χ2v) is 6.25. The van der Waals surface area contributed by atoms with Gasteiger partial charge >= 0.3 is 0 Å². The predicted octanol–water partition coefficient (Wildman–Crippen LogP) is 3.63. The summed E-state index contributed by atoms with van der Waals surface area (Å²) >= 11 is 14.1. The lowest BCUT2D eigenvalue weighted by atomic mass is 10.1. The molecule has 0 aliphatic carbocycles. The topological polar surface area (TPSA) is 46.3 Å². The van der Waals surface area contributed by atoms with Crippen LogP contribution in [-0.4, -0.2) is 28.4 Å². The Morgan fingerprint density at radius 1 is 1.53 bits per heavy atom. The molecule has 104 valence electrons.